The molecule has 2 N–H and O–H groups in total. The van der Waals surface area contributed by atoms with E-state index in [0.29, 0.717) is 6.54 Å². The fourth-order valence-corrected chi connectivity index (χ4v) is 3.45. The number of fused-ring (bicyclic) bond motifs is 3. The molecular formula is C22H21ClN2O2. The summed E-state index contributed by atoms with van der Waals surface area (Å²) < 4.78 is 5.22. The molecule has 4 rings (SSSR count). The second-order valence-corrected chi connectivity index (χ2v) is 6.35. The van der Waals surface area contributed by atoms with Crippen LogP contribution in [0.25, 0.3) is 11.1 Å². The Balaban J connectivity index is 0.00000210. The molecule has 3 aromatic rings. The highest BCUT2D eigenvalue weighted by atomic mass is 35.5. The highest BCUT2D eigenvalue weighted by molar-refractivity contribution is 6.04. The van der Waals surface area contributed by atoms with E-state index in [2.05, 4.69) is 0 Å². The van der Waals surface area contributed by atoms with Gasteiger partial charge in [0.05, 0.1) is 19.3 Å². The number of para-hydroxylation sites is 1. The van der Waals surface area contributed by atoms with Crippen molar-refractivity contribution in [2.45, 2.75) is 12.6 Å². The van der Waals surface area contributed by atoms with Crippen molar-refractivity contribution < 1.29 is 9.53 Å². The number of carbonyl (C=O) groups is 1. The SMILES string of the molecule is COc1ccc(CN2C(=O)C(N)c3ccccc3-c3ccccc32)cc1.Cl. The average Bonchev–Trinajstić information content (AvgIpc) is 2.79. The van der Waals surface area contributed by atoms with Crippen LogP contribution in [0.15, 0.2) is 72.8 Å². The lowest BCUT2D eigenvalue weighted by atomic mass is 9.96. The molecule has 1 unspecified atom stereocenters. The number of carbonyl (C=O) groups excluding carboxylic acids is 1. The molecule has 0 aromatic heterocycles. The summed E-state index contributed by atoms with van der Waals surface area (Å²) in [6.45, 7) is 0.460. The molecule has 4 nitrogen and oxygen atoms in total. The zero-order valence-corrected chi connectivity index (χ0v) is 15.8. The molecule has 0 saturated carbocycles. The van der Waals surface area contributed by atoms with Crippen LogP contribution < -0.4 is 15.4 Å². The standard InChI is InChI=1S/C22H20N2O2.ClH/c1-26-16-12-10-15(11-13-16)14-24-20-9-5-4-7-18(20)17-6-2-3-8-19(17)21(23)22(24)25;/h2-13,21H,14,23H2,1H3;1H. The van der Waals surface area contributed by atoms with E-state index in [1.807, 2.05) is 72.8 Å². The third kappa shape index (κ3) is 3.42. The van der Waals surface area contributed by atoms with Crippen LogP contribution in [-0.2, 0) is 11.3 Å². The van der Waals surface area contributed by atoms with Crippen LogP contribution in [0.1, 0.15) is 17.2 Å². The summed E-state index contributed by atoms with van der Waals surface area (Å²) in [5.74, 6) is 0.693. The van der Waals surface area contributed by atoms with E-state index in [0.717, 1.165) is 33.7 Å². The highest BCUT2D eigenvalue weighted by Crippen LogP contribution is 2.39. The molecule has 0 radical (unpaired) electrons. The largest absolute Gasteiger partial charge is 0.497 e. The summed E-state index contributed by atoms with van der Waals surface area (Å²) in [4.78, 5) is 15.0. The van der Waals surface area contributed by atoms with E-state index in [9.17, 15) is 4.79 Å². The quantitative estimate of drug-likeness (QED) is 0.735. The molecule has 1 amide bonds. The van der Waals surface area contributed by atoms with Gasteiger partial charge in [-0.05, 0) is 34.9 Å². The van der Waals surface area contributed by atoms with Crippen LogP contribution in [0, 0.1) is 0 Å². The van der Waals surface area contributed by atoms with Gasteiger partial charge in [0.15, 0.2) is 0 Å². The van der Waals surface area contributed by atoms with Crippen LogP contribution in [0.3, 0.4) is 0 Å². The number of ether oxygens (including phenoxy) is 1. The Hall–Kier alpha value is -2.82. The number of nitrogens with zero attached hydrogens (tertiary/aromatic N) is 1. The molecular weight excluding hydrogens is 360 g/mol. The fraction of sp³-hybridized carbons (Fsp3) is 0.136. The van der Waals surface area contributed by atoms with E-state index in [1.54, 1.807) is 12.0 Å². The Morgan fingerprint density at radius 3 is 2.26 bits per heavy atom. The number of hydrogen-bond donors (Lipinski definition) is 1. The number of methoxy groups -OCH3 is 1. The van der Waals surface area contributed by atoms with Crippen LogP contribution >= 0.6 is 12.4 Å². The normalized spacial score (nSPS) is 15.3. The van der Waals surface area contributed by atoms with Crippen molar-refractivity contribution in [3.63, 3.8) is 0 Å². The molecule has 1 atom stereocenters. The third-order valence-corrected chi connectivity index (χ3v) is 4.81. The van der Waals surface area contributed by atoms with E-state index in [4.69, 9.17) is 10.5 Å². The monoisotopic (exact) mass is 380 g/mol. The van der Waals surface area contributed by atoms with Crippen LogP contribution in [0.5, 0.6) is 5.75 Å². The van der Waals surface area contributed by atoms with E-state index >= 15 is 0 Å². The fourth-order valence-electron chi connectivity index (χ4n) is 3.45. The van der Waals surface area contributed by atoms with Crippen LogP contribution in [-0.4, -0.2) is 13.0 Å². The Morgan fingerprint density at radius 1 is 0.926 bits per heavy atom. The Kier molecular flexibility index (Phi) is 5.49. The number of rotatable bonds is 3. The van der Waals surface area contributed by atoms with Gasteiger partial charge in [-0.1, -0.05) is 54.6 Å². The van der Waals surface area contributed by atoms with Gasteiger partial charge in [0.2, 0.25) is 5.91 Å². The molecule has 1 heterocycles. The first-order valence-corrected chi connectivity index (χ1v) is 8.57. The summed E-state index contributed by atoms with van der Waals surface area (Å²) in [6, 6.07) is 22.9. The second-order valence-electron chi connectivity index (χ2n) is 6.35. The number of anilines is 1. The zero-order valence-electron chi connectivity index (χ0n) is 15.0. The van der Waals surface area contributed by atoms with Crippen molar-refractivity contribution in [1.29, 1.82) is 0 Å². The van der Waals surface area contributed by atoms with Gasteiger partial charge in [-0.3, -0.25) is 4.79 Å². The summed E-state index contributed by atoms with van der Waals surface area (Å²) in [5.41, 5.74) is 11.2. The highest BCUT2D eigenvalue weighted by Gasteiger charge is 2.31. The lowest BCUT2D eigenvalue weighted by Crippen LogP contribution is -2.37. The molecule has 3 aromatic carbocycles. The second kappa shape index (κ2) is 7.82. The zero-order chi connectivity index (χ0) is 18.1. The van der Waals surface area contributed by atoms with Crippen molar-refractivity contribution in [2.24, 2.45) is 5.73 Å². The smallest absolute Gasteiger partial charge is 0.248 e. The molecule has 27 heavy (non-hydrogen) atoms. The number of hydrogen-bond acceptors (Lipinski definition) is 3. The van der Waals surface area contributed by atoms with Gasteiger partial charge in [-0.2, -0.15) is 0 Å². The molecule has 1 aliphatic heterocycles. The van der Waals surface area contributed by atoms with Crippen molar-refractivity contribution in [3.8, 4) is 16.9 Å². The summed E-state index contributed by atoms with van der Waals surface area (Å²) in [5, 5.41) is 0. The van der Waals surface area contributed by atoms with Gasteiger partial charge in [-0.15, -0.1) is 12.4 Å². The number of amides is 1. The first-order chi connectivity index (χ1) is 12.7. The number of halogens is 1. The average molecular weight is 381 g/mol. The maximum absolute atomic E-state index is 13.2. The Morgan fingerprint density at radius 2 is 1.56 bits per heavy atom. The van der Waals surface area contributed by atoms with E-state index < -0.39 is 6.04 Å². The lowest BCUT2D eigenvalue weighted by Gasteiger charge is -2.25. The number of benzene rings is 3. The molecule has 5 heteroatoms. The van der Waals surface area contributed by atoms with E-state index in [-0.39, 0.29) is 18.3 Å². The third-order valence-electron chi connectivity index (χ3n) is 4.81. The van der Waals surface area contributed by atoms with Gasteiger partial charge in [-0.25, -0.2) is 0 Å². The minimum Gasteiger partial charge on any atom is -0.497 e. The van der Waals surface area contributed by atoms with Crippen LogP contribution in [0.2, 0.25) is 0 Å². The maximum atomic E-state index is 13.2. The van der Waals surface area contributed by atoms with Crippen molar-refractivity contribution in [1.82, 2.24) is 0 Å². The van der Waals surface area contributed by atoms with Gasteiger partial charge >= 0.3 is 0 Å². The summed E-state index contributed by atoms with van der Waals surface area (Å²) in [6.07, 6.45) is 0. The Labute approximate surface area is 165 Å². The van der Waals surface area contributed by atoms with Crippen molar-refractivity contribution >= 4 is 24.0 Å². The molecule has 0 fully saturated rings. The maximum Gasteiger partial charge on any atom is 0.248 e. The molecule has 0 spiro atoms. The molecule has 0 bridgehead atoms. The van der Waals surface area contributed by atoms with Crippen molar-refractivity contribution in [2.75, 3.05) is 12.0 Å². The first-order valence-electron chi connectivity index (χ1n) is 8.57. The van der Waals surface area contributed by atoms with E-state index in [1.165, 1.54) is 0 Å². The van der Waals surface area contributed by atoms with Crippen LogP contribution in [0.4, 0.5) is 5.69 Å². The molecule has 138 valence electrons. The van der Waals surface area contributed by atoms with Gasteiger partial charge in [0.1, 0.15) is 11.8 Å². The minimum atomic E-state index is -0.683. The molecule has 0 saturated heterocycles. The topological polar surface area (TPSA) is 55.6 Å². The number of nitrogens with two attached hydrogens (primary N) is 1. The Bertz CT molecular complexity index is 957. The van der Waals surface area contributed by atoms with Gasteiger partial charge in [0.25, 0.3) is 0 Å². The molecule has 1 aliphatic rings. The molecule has 0 aliphatic carbocycles. The van der Waals surface area contributed by atoms with Crippen molar-refractivity contribution in [3.05, 3.63) is 83.9 Å². The minimum absolute atomic E-state index is 0. The lowest BCUT2D eigenvalue weighted by molar-refractivity contribution is -0.120. The first kappa shape index (κ1) is 19.0. The summed E-state index contributed by atoms with van der Waals surface area (Å²) >= 11 is 0. The summed E-state index contributed by atoms with van der Waals surface area (Å²) in [7, 11) is 1.64. The van der Waals surface area contributed by atoms with Gasteiger partial charge in [0, 0.05) is 5.56 Å². The predicted molar refractivity (Wildman–Crippen MR) is 110 cm³/mol. The van der Waals surface area contributed by atoms with Gasteiger partial charge < -0.3 is 15.4 Å². The predicted octanol–water partition coefficient (Wildman–Crippen LogP) is 4.33.